The Bertz CT molecular complexity index is 963. The van der Waals surface area contributed by atoms with Crippen LogP contribution in [-0.4, -0.2) is 44.6 Å². The van der Waals surface area contributed by atoms with Crippen LogP contribution in [0.15, 0.2) is 54.3 Å². The van der Waals surface area contributed by atoms with Gasteiger partial charge in [-0.3, -0.25) is 14.6 Å². The third-order valence-corrected chi connectivity index (χ3v) is 6.15. The Hall–Kier alpha value is -3.00. The van der Waals surface area contributed by atoms with Gasteiger partial charge in [-0.05, 0) is 31.2 Å². The molecule has 1 fully saturated rings. The van der Waals surface area contributed by atoms with Gasteiger partial charge in [0.1, 0.15) is 10.7 Å². The number of likely N-dealkylation sites (tertiary alicyclic amines) is 1. The average molecular weight is 424 g/mol. The average Bonchev–Trinajstić information content (AvgIpc) is 3.47. The smallest absolute Gasteiger partial charge is 0.265 e. The van der Waals surface area contributed by atoms with Crippen molar-refractivity contribution < 1.29 is 9.59 Å². The Morgan fingerprint density at radius 1 is 1.13 bits per heavy atom. The first-order valence-corrected chi connectivity index (χ1v) is 11.1. The van der Waals surface area contributed by atoms with Crippen molar-refractivity contribution in [2.24, 2.45) is 0 Å². The van der Waals surface area contributed by atoms with Crippen molar-refractivity contribution in [2.45, 2.75) is 38.1 Å². The normalized spacial score (nSPS) is 14.6. The lowest BCUT2D eigenvalue weighted by Gasteiger charge is -2.32. The number of rotatable bonds is 7. The molecule has 0 aliphatic carbocycles. The first-order chi connectivity index (χ1) is 14.7. The van der Waals surface area contributed by atoms with Crippen molar-refractivity contribution in [3.05, 3.63) is 64.7 Å². The summed E-state index contributed by atoms with van der Waals surface area (Å²) in [6, 6.07) is 12.2. The maximum atomic E-state index is 12.5. The Labute approximate surface area is 179 Å². The highest BCUT2D eigenvalue weighted by Crippen LogP contribution is 2.26. The molecule has 3 aromatic rings. The minimum atomic E-state index is 0.00508. The van der Waals surface area contributed by atoms with Gasteiger partial charge in [0, 0.05) is 25.6 Å². The molecule has 0 spiro atoms. The number of benzene rings is 1. The summed E-state index contributed by atoms with van der Waals surface area (Å²) in [5, 5.41) is 7.44. The molecule has 8 heteroatoms. The number of amides is 2. The van der Waals surface area contributed by atoms with Crippen LogP contribution in [0.25, 0.3) is 0 Å². The summed E-state index contributed by atoms with van der Waals surface area (Å²) in [7, 11) is 0. The van der Waals surface area contributed by atoms with Gasteiger partial charge in [0.15, 0.2) is 0 Å². The van der Waals surface area contributed by atoms with Crippen LogP contribution in [0.5, 0.6) is 0 Å². The van der Waals surface area contributed by atoms with Gasteiger partial charge in [0.25, 0.3) is 5.91 Å². The van der Waals surface area contributed by atoms with E-state index in [1.165, 1.54) is 16.9 Å². The van der Waals surface area contributed by atoms with E-state index in [0.717, 1.165) is 31.5 Å². The van der Waals surface area contributed by atoms with Gasteiger partial charge in [-0.15, -0.1) is 11.3 Å². The fourth-order valence-electron chi connectivity index (χ4n) is 3.80. The quantitative estimate of drug-likeness (QED) is 0.627. The molecule has 30 heavy (non-hydrogen) atoms. The van der Waals surface area contributed by atoms with E-state index in [9.17, 15) is 9.59 Å². The molecule has 3 heterocycles. The van der Waals surface area contributed by atoms with Crippen molar-refractivity contribution in [2.75, 3.05) is 18.4 Å². The van der Waals surface area contributed by atoms with Crippen molar-refractivity contribution in [1.29, 1.82) is 0 Å². The van der Waals surface area contributed by atoms with Gasteiger partial charge in [-0.2, -0.15) is 5.10 Å². The van der Waals surface area contributed by atoms with Crippen LogP contribution >= 0.6 is 11.3 Å². The molecule has 0 radical (unpaired) electrons. The number of anilines is 1. The maximum Gasteiger partial charge on any atom is 0.265 e. The largest absolute Gasteiger partial charge is 0.338 e. The minimum absolute atomic E-state index is 0.00508. The second-order valence-electron chi connectivity index (χ2n) is 7.44. The number of aromatic nitrogens is 3. The maximum absolute atomic E-state index is 12.5. The van der Waals surface area contributed by atoms with E-state index in [2.05, 4.69) is 27.5 Å². The summed E-state index contributed by atoms with van der Waals surface area (Å²) in [4.78, 5) is 31.4. The van der Waals surface area contributed by atoms with Gasteiger partial charge in [-0.1, -0.05) is 30.3 Å². The molecule has 0 unspecified atom stereocenters. The van der Waals surface area contributed by atoms with Crippen LogP contribution in [0.3, 0.4) is 0 Å². The van der Waals surface area contributed by atoms with Crippen molar-refractivity contribution in [3.8, 4) is 0 Å². The molecule has 2 amide bonds. The topological polar surface area (TPSA) is 80.1 Å². The lowest BCUT2D eigenvalue weighted by molar-refractivity contribution is -0.116. The molecule has 4 rings (SSSR count). The fourth-order valence-corrected chi connectivity index (χ4v) is 4.38. The second-order valence-corrected chi connectivity index (χ2v) is 8.32. The van der Waals surface area contributed by atoms with Gasteiger partial charge in [-0.25, -0.2) is 4.68 Å². The predicted molar refractivity (Wildman–Crippen MR) is 117 cm³/mol. The van der Waals surface area contributed by atoms with Crippen LogP contribution in [0, 0.1) is 0 Å². The number of aryl methyl sites for hydroxylation is 1. The first-order valence-electron chi connectivity index (χ1n) is 10.3. The zero-order valence-electron chi connectivity index (χ0n) is 16.7. The number of carbonyl (C=O) groups excluding carboxylic acids is 2. The van der Waals surface area contributed by atoms with E-state index >= 15 is 0 Å². The first kappa shape index (κ1) is 20.3. The Balaban J connectivity index is 1.27. The summed E-state index contributed by atoms with van der Waals surface area (Å²) in [5.74, 6) is 0.779. The highest BCUT2D eigenvalue weighted by molar-refractivity contribution is 7.11. The van der Waals surface area contributed by atoms with E-state index in [1.54, 1.807) is 17.9 Å². The van der Waals surface area contributed by atoms with E-state index in [1.807, 2.05) is 33.8 Å². The van der Waals surface area contributed by atoms with Crippen molar-refractivity contribution in [1.82, 2.24) is 19.7 Å². The van der Waals surface area contributed by atoms with Gasteiger partial charge >= 0.3 is 0 Å². The van der Waals surface area contributed by atoms with Gasteiger partial charge in [0.05, 0.1) is 23.9 Å². The van der Waals surface area contributed by atoms with Crippen LogP contribution in [0.2, 0.25) is 0 Å². The Kier molecular flexibility index (Phi) is 6.53. The molecule has 1 aliphatic heterocycles. The summed E-state index contributed by atoms with van der Waals surface area (Å²) < 4.78 is 1.89. The standard InChI is InChI=1S/C22H25N5O2S/c28-21(8-4-7-17-5-2-1-3-6-17)25-20-9-12-24-27(20)18-10-13-26(14-11-18)22(29)19-15-23-16-30-19/h1-3,5-6,9,12,15-16,18H,4,7-8,10-11,13-14H2,(H,25,28). The minimum Gasteiger partial charge on any atom is -0.338 e. The molecule has 156 valence electrons. The molecule has 1 saturated heterocycles. The number of nitrogens with one attached hydrogen (secondary N) is 1. The van der Waals surface area contributed by atoms with Crippen molar-refractivity contribution >= 4 is 29.0 Å². The molecule has 2 aromatic heterocycles. The summed E-state index contributed by atoms with van der Waals surface area (Å²) in [5.41, 5.74) is 2.92. The lowest BCUT2D eigenvalue weighted by Crippen LogP contribution is -2.39. The summed E-state index contributed by atoms with van der Waals surface area (Å²) in [6.07, 6.45) is 7.13. The summed E-state index contributed by atoms with van der Waals surface area (Å²) >= 11 is 1.37. The zero-order valence-corrected chi connectivity index (χ0v) is 17.6. The van der Waals surface area contributed by atoms with Crippen LogP contribution in [-0.2, 0) is 11.2 Å². The number of thiazole rings is 1. The van der Waals surface area contributed by atoms with Crippen LogP contribution < -0.4 is 5.32 Å². The van der Waals surface area contributed by atoms with Gasteiger partial charge < -0.3 is 10.2 Å². The molecular weight excluding hydrogens is 398 g/mol. The number of nitrogens with zero attached hydrogens (tertiary/aromatic N) is 4. The number of carbonyl (C=O) groups is 2. The summed E-state index contributed by atoms with van der Waals surface area (Å²) in [6.45, 7) is 1.34. The lowest BCUT2D eigenvalue weighted by atomic mass is 10.1. The Morgan fingerprint density at radius 2 is 1.93 bits per heavy atom. The molecular formula is C22H25N5O2S. The zero-order chi connectivity index (χ0) is 20.8. The second kappa shape index (κ2) is 9.67. The highest BCUT2D eigenvalue weighted by atomic mass is 32.1. The fraction of sp³-hybridized carbons (Fsp3) is 0.364. The molecule has 0 saturated carbocycles. The SMILES string of the molecule is O=C(CCCc1ccccc1)Nc1ccnn1C1CCN(C(=O)c2cncs2)CC1. The molecule has 7 nitrogen and oxygen atoms in total. The third kappa shape index (κ3) is 4.94. The van der Waals surface area contributed by atoms with Crippen molar-refractivity contribution in [3.63, 3.8) is 0 Å². The molecule has 0 atom stereocenters. The van der Waals surface area contributed by atoms with Crippen LogP contribution in [0.1, 0.15) is 47.0 Å². The monoisotopic (exact) mass is 423 g/mol. The third-order valence-electron chi connectivity index (χ3n) is 5.39. The molecule has 1 aliphatic rings. The molecule has 0 bridgehead atoms. The number of piperidine rings is 1. The molecule has 1 N–H and O–H groups in total. The van der Waals surface area contributed by atoms with E-state index in [4.69, 9.17) is 0 Å². The van der Waals surface area contributed by atoms with Gasteiger partial charge in [0.2, 0.25) is 5.91 Å². The highest BCUT2D eigenvalue weighted by Gasteiger charge is 2.26. The Morgan fingerprint density at radius 3 is 2.67 bits per heavy atom. The van der Waals surface area contributed by atoms with E-state index in [0.29, 0.717) is 24.4 Å². The van der Waals surface area contributed by atoms with E-state index in [-0.39, 0.29) is 17.9 Å². The number of hydrogen-bond acceptors (Lipinski definition) is 5. The predicted octanol–water partition coefficient (Wildman–Crippen LogP) is 3.78. The van der Waals surface area contributed by atoms with E-state index < -0.39 is 0 Å². The molecule has 1 aromatic carbocycles. The number of hydrogen-bond donors (Lipinski definition) is 1. The van der Waals surface area contributed by atoms with Crippen LogP contribution in [0.4, 0.5) is 5.82 Å².